The molecule has 1 nitrogen and oxygen atoms in total. The molecule has 1 aromatic rings. The van der Waals surface area contributed by atoms with E-state index in [9.17, 15) is 5.11 Å². The van der Waals surface area contributed by atoms with Crippen molar-refractivity contribution in [2.45, 2.75) is 19.4 Å². The van der Waals surface area contributed by atoms with Crippen LogP contribution in [0.5, 0.6) is 0 Å². The Kier molecular flexibility index (Phi) is 3.75. The zero-order valence-electron chi connectivity index (χ0n) is 6.72. The van der Waals surface area contributed by atoms with Crippen LogP contribution in [0.15, 0.2) is 27.1 Å². The van der Waals surface area contributed by atoms with Crippen molar-refractivity contribution in [1.82, 2.24) is 0 Å². The maximum atomic E-state index is 9.58. The summed E-state index contributed by atoms with van der Waals surface area (Å²) in [5.41, 5.74) is 0.937. The van der Waals surface area contributed by atoms with Gasteiger partial charge in [-0.15, -0.1) is 0 Å². The molecule has 0 aromatic heterocycles. The van der Waals surface area contributed by atoms with E-state index in [0.29, 0.717) is 0 Å². The van der Waals surface area contributed by atoms with Crippen LogP contribution in [0.3, 0.4) is 0 Å². The first-order valence-corrected chi connectivity index (χ1v) is 5.36. The van der Waals surface area contributed by atoms with Crippen LogP contribution in [0.1, 0.15) is 25.0 Å². The molecule has 1 atom stereocenters. The van der Waals surface area contributed by atoms with Gasteiger partial charge in [0.05, 0.1) is 6.10 Å². The summed E-state index contributed by atoms with van der Waals surface area (Å²) in [5, 5.41) is 9.58. The number of halogens is 2. The van der Waals surface area contributed by atoms with Crippen LogP contribution in [0.2, 0.25) is 0 Å². The summed E-state index contributed by atoms with van der Waals surface area (Å²) >= 11 is 6.75. The van der Waals surface area contributed by atoms with Gasteiger partial charge in [0.25, 0.3) is 0 Å². The Morgan fingerprint density at radius 3 is 2.67 bits per heavy atom. The summed E-state index contributed by atoms with van der Waals surface area (Å²) in [5.74, 6) is 0. The molecule has 66 valence electrons. The van der Waals surface area contributed by atoms with Crippen molar-refractivity contribution < 1.29 is 5.11 Å². The molecule has 1 unspecified atom stereocenters. The molecule has 0 fully saturated rings. The van der Waals surface area contributed by atoms with E-state index in [0.717, 1.165) is 20.9 Å². The van der Waals surface area contributed by atoms with Crippen molar-refractivity contribution in [1.29, 1.82) is 0 Å². The van der Waals surface area contributed by atoms with E-state index in [1.165, 1.54) is 0 Å². The number of aliphatic hydroxyl groups is 1. The fourth-order valence-corrected chi connectivity index (χ4v) is 1.88. The molecule has 1 rings (SSSR count). The first-order chi connectivity index (χ1) is 5.65. The van der Waals surface area contributed by atoms with E-state index in [4.69, 9.17) is 0 Å². The molecule has 1 N–H and O–H groups in total. The zero-order chi connectivity index (χ0) is 9.14. The van der Waals surface area contributed by atoms with E-state index in [-0.39, 0.29) is 6.10 Å². The van der Waals surface area contributed by atoms with Crippen LogP contribution in [0, 0.1) is 0 Å². The number of hydrogen-bond acceptors (Lipinski definition) is 1. The molecular weight excluding hydrogens is 284 g/mol. The smallest absolute Gasteiger partial charge is 0.0798 e. The minimum Gasteiger partial charge on any atom is -0.388 e. The molecule has 1 aromatic carbocycles. The lowest BCUT2D eigenvalue weighted by Crippen LogP contribution is -1.95. The molecule has 0 saturated heterocycles. The lowest BCUT2D eigenvalue weighted by molar-refractivity contribution is 0.173. The molecule has 12 heavy (non-hydrogen) atoms. The molecule has 0 aliphatic carbocycles. The normalized spacial score (nSPS) is 13.0. The van der Waals surface area contributed by atoms with Crippen molar-refractivity contribution in [2.24, 2.45) is 0 Å². The van der Waals surface area contributed by atoms with Crippen molar-refractivity contribution in [3.05, 3.63) is 32.7 Å². The maximum Gasteiger partial charge on any atom is 0.0798 e. The molecule has 0 radical (unpaired) electrons. The van der Waals surface area contributed by atoms with Gasteiger partial charge in [-0.25, -0.2) is 0 Å². The highest BCUT2D eigenvalue weighted by atomic mass is 79.9. The average Bonchev–Trinajstić information content (AvgIpc) is 2.08. The predicted octanol–water partition coefficient (Wildman–Crippen LogP) is 3.66. The Morgan fingerprint density at radius 1 is 1.42 bits per heavy atom. The second kappa shape index (κ2) is 4.40. The minimum atomic E-state index is -0.378. The Morgan fingerprint density at radius 2 is 2.08 bits per heavy atom. The Hall–Kier alpha value is 0.140. The van der Waals surface area contributed by atoms with Crippen LogP contribution in [-0.4, -0.2) is 5.11 Å². The first-order valence-electron chi connectivity index (χ1n) is 3.78. The van der Waals surface area contributed by atoms with Crippen LogP contribution >= 0.6 is 31.9 Å². The highest BCUT2D eigenvalue weighted by Gasteiger charge is 2.08. The quantitative estimate of drug-likeness (QED) is 0.882. The van der Waals surface area contributed by atoms with Gasteiger partial charge in [-0.1, -0.05) is 38.8 Å². The van der Waals surface area contributed by atoms with Gasteiger partial charge in [-0.05, 0) is 30.2 Å². The highest BCUT2D eigenvalue weighted by molar-refractivity contribution is 9.11. The number of hydrogen-bond donors (Lipinski definition) is 1. The maximum absolute atomic E-state index is 9.58. The second-order valence-electron chi connectivity index (χ2n) is 2.59. The van der Waals surface area contributed by atoms with E-state index in [2.05, 4.69) is 31.9 Å². The van der Waals surface area contributed by atoms with Crippen LogP contribution in [0.4, 0.5) is 0 Å². The fourth-order valence-electron chi connectivity index (χ4n) is 0.990. The third-order valence-electron chi connectivity index (χ3n) is 1.70. The Labute approximate surface area is 89.1 Å². The summed E-state index contributed by atoms with van der Waals surface area (Å²) in [6, 6.07) is 5.80. The average molecular weight is 294 g/mol. The summed E-state index contributed by atoms with van der Waals surface area (Å²) in [6.45, 7) is 1.96. The molecule has 0 aliphatic rings. The topological polar surface area (TPSA) is 20.2 Å². The van der Waals surface area contributed by atoms with Crippen LogP contribution < -0.4 is 0 Å². The van der Waals surface area contributed by atoms with Gasteiger partial charge in [-0.2, -0.15) is 0 Å². The molecular formula is C9H10Br2O. The van der Waals surface area contributed by atoms with Gasteiger partial charge in [0.15, 0.2) is 0 Å². The minimum absolute atomic E-state index is 0.378. The first kappa shape index (κ1) is 10.2. The van der Waals surface area contributed by atoms with E-state index in [1.807, 2.05) is 25.1 Å². The molecule has 0 amide bonds. The summed E-state index contributed by atoms with van der Waals surface area (Å²) < 4.78 is 1.95. The van der Waals surface area contributed by atoms with Crippen molar-refractivity contribution in [3.8, 4) is 0 Å². The van der Waals surface area contributed by atoms with Crippen molar-refractivity contribution in [2.75, 3.05) is 0 Å². The van der Waals surface area contributed by atoms with Crippen molar-refractivity contribution in [3.63, 3.8) is 0 Å². The predicted molar refractivity (Wildman–Crippen MR) is 57.1 cm³/mol. The number of rotatable bonds is 2. The molecule has 0 aliphatic heterocycles. The fraction of sp³-hybridized carbons (Fsp3) is 0.333. The summed E-state index contributed by atoms with van der Waals surface area (Å²) in [7, 11) is 0. The van der Waals surface area contributed by atoms with E-state index < -0.39 is 0 Å². The molecule has 0 spiro atoms. The largest absolute Gasteiger partial charge is 0.388 e. The number of benzene rings is 1. The van der Waals surface area contributed by atoms with Crippen molar-refractivity contribution >= 4 is 31.9 Å². The third-order valence-corrected chi connectivity index (χ3v) is 2.92. The second-order valence-corrected chi connectivity index (χ2v) is 4.36. The number of aliphatic hydroxyl groups excluding tert-OH is 1. The lowest BCUT2D eigenvalue weighted by Gasteiger charge is -2.10. The van der Waals surface area contributed by atoms with Gasteiger partial charge in [0.2, 0.25) is 0 Å². The molecule has 0 heterocycles. The van der Waals surface area contributed by atoms with Gasteiger partial charge in [0, 0.05) is 8.95 Å². The molecule has 0 saturated carbocycles. The SMILES string of the molecule is CCC(O)c1cc(Br)ccc1Br. The van der Waals surface area contributed by atoms with Gasteiger partial charge < -0.3 is 5.11 Å². The summed E-state index contributed by atoms with van der Waals surface area (Å²) in [6.07, 6.45) is 0.353. The molecule has 0 bridgehead atoms. The molecule has 3 heteroatoms. The van der Waals surface area contributed by atoms with E-state index >= 15 is 0 Å². The zero-order valence-corrected chi connectivity index (χ0v) is 9.89. The van der Waals surface area contributed by atoms with Crippen LogP contribution in [-0.2, 0) is 0 Å². The standard InChI is InChI=1S/C9H10Br2O/c1-2-9(12)7-5-6(10)3-4-8(7)11/h3-5,9,12H,2H2,1H3. The van der Waals surface area contributed by atoms with Gasteiger partial charge in [-0.3, -0.25) is 0 Å². The Bertz CT molecular complexity index is 273. The summed E-state index contributed by atoms with van der Waals surface area (Å²) in [4.78, 5) is 0. The van der Waals surface area contributed by atoms with Crippen LogP contribution in [0.25, 0.3) is 0 Å². The highest BCUT2D eigenvalue weighted by Crippen LogP contribution is 2.28. The third kappa shape index (κ3) is 2.31. The lowest BCUT2D eigenvalue weighted by atomic mass is 10.1. The van der Waals surface area contributed by atoms with Gasteiger partial charge in [0.1, 0.15) is 0 Å². The Balaban J connectivity index is 3.04. The monoisotopic (exact) mass is 292 g/mol. The van der Waals surface area contributed by atoms with E-state index in [1.54, 1.807) is 0 Å². The van der Waals surface area contributed by atoms with Gasteiger partial charge >= 0.3 is 0 Å².